The van der Waals surface area contributed by atoms with Gasteiger partial charge < -0.3 is 10.1 Å². The maximum absolute atomic E-state index is 12.2. The average Bonchev–Trinajstić information content (AvgIpc) is 2.58. The number of carbonyl (C=O) groups excluding carboxylic acids is 2. The summed E-state index contributed by atoms with van der Waals surface area (Å²) in [7, 11) is 0. The molecule has 2 aliphatic rings. The van der Waals surface area contributed by atoms with Crippen molar-refractivity contribution in [1.82, 2.24) is 5.32 Å². The first-order valence-electron chi connectivity index (χ1n) is 8.62. The van der Waals surface area contributed by atoms with Crippen LogP contribution in [0, 0.1) is 6.92 Å². The molecule has 1 aromatic carbocycles. The molecule has 2 amide bonds. The van der Waals surface area contributed by atoms with Crippen molar-refractivity contribution in [3.05, 3.63) is 35.4 Å². The lowest BCUT2D eigenvalue weighted by Crippen LogP contribution is -2.45. The van der Waals surface area contributed by atoms with Crippen LogP contribution >= 0.6 is 0 Å². The fraction of sp³-hybridized carbons (Fsp3) is 0.474. The number of anilines is 1. The standard InChI is InChI=1S/C19H24N2O3/c1-14-7-8-16-17(11-14)24-13-19(23)21(16)12-18(22)20-10-9-15-5-3-2-4-6-15/h5,7-8,11H,2-4,6,9-10,12-13H2,1H3,(H,20,22). The van der Waals surface area contributed by atoms with Crippen LogP contribution in [0.5, 0.6) is 5.75 Å². The maximum Gasteiger partial charge on any atom is 0.265 e. The summed E-state index contributed by atoms with van der Waals surface area (Å²) in [6.07, 6.45) is 8.01. The lowest BCUT2D eigenvalue weighted by molar-refractivity contribution is -0.125. The molecule has 5 heteroatoms. The third-order valence-corrected chi connectivity index (χ3v) is 4.51. The van der Waals surface area contributed by atoms with Gasteiger partial charge in [-0.1, -0.05) is 17.7 Å². The van der Waals surface area contributed by atoms with Gasteiger partial charge >= 0.3 is 0 Å². The zero-order valence-electron chi connectivity index (χ0n) is 14.1. The molecular weight excluding hydrogens is 304 g/mol. The molecule has 0 fully saturated rings. The van der Waals surface area contributed by atoms with Gasteiger partial charge in [0.1, 0.15) is 12.3 Å². The van der Waals surface area contributed by atoms with Crippen molar-refractivity contribution in [2.24, 2.45) is 0 Å². The Morgan fingerprint density at radius 3 is 3.00 bits per heavy atom. The van der Waals surface area contributed by atoms with E-state index in [-0.39, 0.29) is 25.0 Å². The van der Waals surface area contributed by atoms with Gasteiger partial charge in [-0.25, -0.2) is 0 Å². The Labute approximate surface area is 142 Å². The Kier molecular flexibility index (Phi) is 5.18. The predicted octanol–water partition coefficient (Wildman–Crippen LogP) is 2.73. The molecule has 0 spiro atoms. The molecular formula is C19H24N2O3. The van der Waals surface area contributed by atoms with E-state index in [0.29, 0.717) is 18.0 Å². The van der Waals surface area contributed by atoms with Gasteiger partial charge in [0.15, 0.2) is 6.61 Å². The van der Waals surface area contributed by atoms with Gasteiger partial charge in [-0.05, 0) is 56.7 Å². The average molecular weight is 328 g/mol. The van der Waals surface area contributed by atoms with Crippen molar-refractivity contribution < 1.29 is 14.3 Å². The normalized spacial score (nSPS) is 17.0. The lowest BCUT2D eigenvalue weighted by atomic mass is 9.97. The lowest BCUT2D eigenvalue weighted by Gasteiger charge is -2.29. The summed E-state index contributed by atoms with van der Waals surface area (Å²) in [4.78, 5) is 25.8. The van der Waals surface area contributed by atoms with E-state index in [1.807, 2.05) is 25.1 Å². The van der Waals surface area contributed by atoms with E-state index in [2.05, 4.69) is 11.4 Å². The van der Waals surface area contributed by atoms with Gasteiger partial charge in [0, 0.05) is 6.54 Å². The highest BCUT2D eigenvalue weighted by Crippen LogP contribution is 2.32. The fourth-order valence-electron chi connectivity index (χ4n) is 3.18. The molecule has 128 valence electrons. The number of fused-ring (bicyclic) bond motifs is 1. The highest BCUT2D eigenvalue weighted by molar-refractivity contribution is 6.02. The number of hydrogen-bond donors (Lipinski definition) is 1. The molecule has 3 rings (SSSR count). The molecule has 1 aromatic rings. The molecule has 1 heterocycles. The Balaban J connectivity index is 1.56. The second kappa shape index (κ2) is 7.51. The summed E-state index contributed by atoms with van der Waals surface area (Å²) in [6, 6.07) is 5.64. The monoisotopic (exact) mass is 328 g/mol. The number of nitrogens with one attached hydrogen (secondary N) is 1. The first-order chi connectivity index (χ1) is 11.6. The molecule has 0 unspecified atom stereocenters. The van der Waals surface area contributed by atoms with Crippen molar-refractivity contribution >= 4 is 17.5 Å². The zero-order chi connectivity index (χ0) is 16.9. The Bertz CT molecular complexity index is 667. The highest BCUT2D eigenvalue weighted by atomic mass is 16.5. The largest absolute Gasteiger partial charge is 0.482 e. The van der Waals surface area contributed by atoms with Crippen LogP contribution in [0.2, 0.25) is 0 Å². The zero-order valence-corrected chi connectivity index (χ0v) is 14.1. The SMILES string of the molecule is Cc1ccc2c(c1)OCC(=O)N2CC(=O)NCCC1=CCCCC1. The van der Waals surface area contributed by atoms with Gasteiger partial charge in [0.25, 0.3) is 5.91 Å². The van der Waals surface area contributed by atoms with Crippen LogP contribution < -0.4 is 15.0 Å². The molecule has 1 aliphatic heterocycles. The van der Waals surface area contributed by atoms with Crippen molar-refractivity contribution in [2.45, 2.75) is 39.0 Å². The van der Waals surface area contributed by atoms with Crippen LogP contribution in [0.4, 0.5) is 5.69 Å². The molecule has 0 atom stereocenters. The van der Waals surface area contributed by atoms with Gasteiger partial charge in [0.05, 0.1) is 5.69 Å². The van der Waals surface area contributed by atoms with Crippen molar-refractivity contribution in [1.29, 1.82) is 0 Å². The van der Waals surface area contributed by atoms with Gasteiger partial charge in [-0.2, -0.15) is 0 Å². The van der Waals surface area contributed by atoms with Crippen LogP contribution in [-0.2, 0) is 9.59 Å². The van der Waals surface area contributed by atoms with E-state index in [0.717, 1.165) is 24.8 Å². The first-order valence-corrected chi connectivity index (χ1v) is 8.62. The summed E-state index contributed by atoms with van der Waals surface area (Å²) in [6.45, 7) is 2.62. The molecule has 0 aromatic heterocycles. The second-order valence-electron chi connectivity index (χ2n) is 6.45. The number of amides is 2. The number of ether oxygens (including phenoxy) is 1. The fourth-order valence-corrected chi connectivity index (χ4v) is 3.18. The van der Waals surface area contributed by atoms with E-state index >= 15 is 0 Å². The minimum absolute atomic E-state index is 0.0172. The molecule has 0 bridgehead atoms. The molecule has 0 saturated carbocycles. The van der Waals surface area contributed by atoms with Crippen LogP contribution in [-0.4, -0.2) is 31.5 Å². The molecule has 1 N–H and O–H groups in total. The number of aryl methyl sites for hydroxylation is 1. The van der Waals surface area contributed by atoms with Crippen molar-refractivity contribution in [2.75, 3.05) is 24.6 Å². The van der Waals surface area contributed by atoms with Gasteiger partial charge in [-0.3, -0.25) is 14.5 Å². The Morgan fingerprint density at radius 2 is 2.21 bits per heavy atom. The van der Waals surface area contributed by atoms with Crippen LogP contribution in [0.15, 0.2) is 29.8 Å². The van der Waals surface area contributed by atoms with E-state index in [9.17, 15) is 9.59 Å². The Morgan fingerprint density at radius 1 is 1.33 bits per heavy atom. The number of carbonyl (C=O) groups is 2. The number of benzene rings is 1. The van der Waals surface area contributed by atoms with Crippen molar-refractivity contribution in [3.63, 3.8) is 0 Å². The van der Waals surface area contributed by atoms with E-state index in [1.165, 1.54) is 23.3 Å². The van der Waals surface area contributed by atoms with Gasteiger partial charge in [0.2, 0.25) is 5.91 Å². The Hall–Kier alpha value is -2.30. The van der Waals surface area contributed by atoms with Crippen LogP contribution in [0.3, 0.4) is 0 Å². The minimum atomic E-state index is -0.184. The van der Waals surface area contributed by atoms with Crippen LogP contribution in [0.1, 0.15) is 37.7 Å². The number of nitrogens with zero attached hydrogens (tertiary/aromatic N) is 1. The van der Waals surface area contributed by atoms with Crippen molar-refractivity contribution in [3.8, 4) is 5.75 Å². The predicted molar refractivity (Wildman–Crippen MR) is 93.2 cm³/mol. The topological polar surface area (TPSA) is 58.6 Å². The second-order valence-corrected chi connectivity index (χ2v) is 6.45. The maximum atomic E-state index is 12.2. The third kappa shape index (κ3) is 3.96. The number of rotatable bonds is 5. The summed E-state index contributed by atoms with van der Waals surface area (Å²) < 4.78 is 5.46. The summed E-state index contributed by atoms with van der Waals surface area (Å²) in [5, 5.41) is 2.93. The van der Waals surface area contributed by atoms with Crippen LogP contribution in [0.25, 0.3) is 0 Å². The van der Waals surface area contributed by atoms with Gasteiger partial charge in [-0.15, -0.1) is 0 Å². The molecule has 0 radical (unpaired) electrons. The summed E-state index contributed by atoms with van der Waals surface area (Å²) in [5.74, 6) is 0.347. The van der Waals surface area contributed by atoms with E-state index in [4.69, 9.17) is 4.74 Å². The van der Waals surface area contributed by atoms with E-state index in [1.54, 1.807) is 0 Å². The highest BCUT2D eigenvalue weighted by Gasteiger charge is 2.27. The molecule has 5 nitrogen and oxygen atoms in total. The van der Waals surface area contributed by atoms with E-state index < -0.39 is 0 Å². The first kappa shape index (κ1) is 16.6. The number of allylic oxidation sites excluding steroid dienone is 1. The molecule has 0 saturated heterocycles. The smallest absolute Gasteiger partial charge is 0.265 e. The molecule has 24 heavy (non-hydrogen) atoms. The summed E-state index contributed by atoms with van der Waals surface area (Å²) >= 11 is 0. The third-order valence-electron chi connectivity index (χ3n) is 4.51. The number of hydrogen-bond acceptors (Lipinski definition) is 3. The summed E-state index contributed by atoms with van der Waals surface area (Å²) in [5.41, 5.74) is 3.17. The minimum Gasteiger partial charge on any atom is -0.482 e. The molecule has 1 aliphatic carbocycles. The quantitative estimate of drug-likeness (QED) is 0.846.